The molecule has 0 amide bonds. The molecule has 0 aliphatic rings. The molecule has 1 aromatic heterocycles. The molecule has 14 heavy (non-hydrogen) atoms. The maximum Gasteiger partial charge on any atom is 0.293 e. The van der Waals surface area contributed by atoms with Gasteiger partial charge in [-0.2, -0.15) is 0 Å². The molecule has 0 fully saturated rings. The van der Waals surface area contributed by atoms with E-state index in [0.717, 1.165) is 0 Å². The molecular formula is C8H8Cl2N2O2. The molecule has 0 atom stereocenters. The first-order valence-corrected chi connectivity index (χ1v) is 4.53. The van der Waals surface area contributed by atoms with Gasteiger partial charge in [0.15, 0.2) is 0 Å². The fraction of sp³-hybridized carbons (Fsp3) is 0.375. The van der Waals surface area contributed by atoms with Crippen LogP contribution in [-0.2, 0) is 15.1 Å². The van der Waals surface area contributed by atoms with Crippen LogP contribution in [0.5, 0.6) is 0 Å². The lowest BCUT2D eigenvalue weighted by atomic mass is 10.0. The normalized spacial score (nSPS) is 11.1. The number of rotatable bonds is 3. The molecule has 0 radical (unpaired) electrons. The lowest BCUT2D eigenvalue weighted by Crippen LogP contribution is -2.22. The zero-order valence-electron chi connectivity index (χ0n) is 7.62. The number of carbonyl (C=O) groups excluding carboxylic acids is 1. The van der Waals surface area contributed by atoms with E-state index in [4.69, 9.17) is 27.9 Å². The largest absolute Gasteiger partial charge is 0.457 e. The van der Waals surface area contributed by atoms with E-state index in [0.29, 0.717) is 12.0 Å². The van der Waals surface area contributed by atoms with Gasteiger partial charge >= 0.3 is 0 Å². The molecule has 76 valence electrons. The van der Waals surface area contributed by atoms with Crippen LogP contribution in [-0.4, -0.2) is 16.4 Å². The number of nitrogens with zero attached hydrogens (tertiary/aromatic N) is 2. The Hall–Kier alpha value is -0.870. The van der Waals surface area contributed by atoms with Crippen LogP contribution in [0.15, 0.2) is 6.20 Å². The van der Waals surface area contributed by atoms with Crippen molar-refractivity contribution in [2.45, 2.75) is 19.4 Å². The Morgan fingerprint density at radius 2 is 2.14 bits per heavy atom. The first kappa shape index (κ1) is 11.2. The van der Waals surface area contributed by atoms with Gasteiger partial charge in [0.1, 0.15) is 10.8 Å². The highest BCUT2D eigenvalue weighted by Crippen LogP contribution is 2.28. The molecule has 6 heteroatoms. The summed E-state index contributed by atoms with van der Waals surface area (Å²) < 4.78 is 4.85. The highest BCUT2D eigenvalue weighted by atomic mass is 35.5. The monoisotopic (exact) mass is 234 g/mol. The molecule has 0 N–H and O–H groups in total. The molecule has 0 aromatic carbocycles. The van der Waals surface area contributed by atoms with Gasteiger partial charge in [0.05, 0.1) is 5.56 Å². The van der Waals surface area contributed by atoms with E-state index in [1.54, 1.807) is 13.8 Å². The smallest absolute Gasteiger partial charge is 0.293 e. The van der Waals surface area contributed by atoms with Gasteiger partial charge in [-0.3, -0.25) is 4.79 Å². The highest BCUT2D eigenvalue weighted by Gasteiger charge is 2.26. The molecule has 0 spiro atoms. The van der Waals surface area contributed by atoms with Crippen molar-refractivity contribution in [3.05, 3.63) is 22.2 Å². The Morgan fingerprint density at radius 1 is 1.50 bits per heavy atom. The molecule has 0 bridgehead atoms. The average Bonchev–Trinajstić information content (AvgIpc) is 2.02. The van der Waals surface area contributed by atoms with E-state index in [9.17, 15) is 4.79 Å². The van der Waals surface area contributed by atoms with E-state index in [-0.39, 0.29) is 10.4 Å². The lowest BCUT2D eigenvalue weighted by molar-refractivity contribution is -0.141. The van der Waals surface area contributed by atoms with Gasteiger partial charge in [-0.05, 0) is 25.4 Å². The van der Waals surface area contributed by atoms with Gasteiger partial charge in [-0.25, -0.2) is 9.97 Å². The summed E-state index contributed by atoms with van der Waals surface area (Å²) >= 11 is 11.3. The standard InChI is InChI=1S/C8H8Cl2N2O2/c1-8(2,14-4-13)5-3-11-7(10)12-6(5)9/h3-4H,1-2H3. The number of ether oxygens (including phenoxy) is 1. The zero-order valence-corrected chi connectivity index (χ0v) is 9.13. The predicted octanol–water partition coefficient (Wildman–Crippen LogP) is 2.19. The summed E-state index contributed by atoms with van der Waals surface area (Å²) in [6.07, 6.45) is 1.43. The molecule has 0 aliphatic carbocycles. The summed E-state index contributed by atoms with van der Waals surface area (Å²) in [6.45, 7) is 3.71. The topological polar surface area (TPSA) is 52.1 Å². The van der Waals surface area contributed by atoms with Crippen molar-refractivity contribution in [2.24, 2.45) is 0 Å². The van der Waals surface area contributed by atoms with Crippen molar-refractivity contribution in [3.63, 3.8) is 0 Å². The van der Waals surface area contributed by atoms with Gasteiger partial charge in [-0.1, -0.05) is 11.6 Å². The van der Waals surface area contributed by atoms with Crippen LogP contribution < -0.4 is 0 Å². The molecule has 4 nitrogen and oxygen atoms in total. The van der Waals surface area contributed by atoms with Crippen molar-refractivity contribution in [3.8, 4) is 0 Å². The molecular weight excluding hydrogens is 227 g/mol. The van der Waals surface area contributed by atoms with Gasteiger partial charge in [-0.15, -0.1) is 0 Å². The number of aromatic nitrogens is 2. The van der Waals surface area contributed by atoms with Crippen LogP contribution in [0.1, 0.15) is 19.4 Å². The van der Waals surface area contributed by atoms with Crippen molar-refractivity contribution >= 4 is 29.7 Å². The van der Waals surface area contributed by atoms with Crippen LogP contribution in [0.2, 0.25) is 10.4 Å². The fourth-order valence-corrected chi connectivity index (χ4v) is 1.46. The Balaban J connectivity index is 3.12. The summed E-state index contributed by atoms with van der Waals surface area (Å²) in [5.41, 5.74) is -0.348. The Bertz CT molecular complexity index is 355. The van der Waals surface area contributed by atoms with Crippen molar-refractivity contribution in [2.75, 3.05) is 0 Å². The first-order valence-electron chi connectivity index (χ1n) is 3.77. The number of carbonyl (C=O) groups is 1. The maximum absolute atomic E-state index is 10.2. The Morgan fingerprint density at radius 3 is 2.64 bits per heavy atom. The average molecular weight is 235 g/mol. The summed E-state index contributed by atoms with van der Waals surface area (Å²) in [7, 11) is 0. The second-order valence-electron chi connectivity index (χ2n) is 3.07. The van der Waals surface area contributed by atoms with Crippen LogP contribution in [0.4, 0.5) is 0 Å². The summed E-state index contributed by atoms with van der Waals surface area (Å²) in [6, 6.07) is 0. The predicted molar refractivity (Wildman–Crippen MR) is 52.2 cm³/mol. The van der Waals surface area contributed by atoms with E-state index in [2.05, 4.69) is 9.97 Å². The second-order valence-corrected chi connectivity index (χ2v) is 3.76. The number of hydrogen-bond donors (Lipinski definition) is 0. The fourth-order valence-electron chi connectivity index (χ4n) is 0.929. The molecule has 0 aliphatic heterocycles. The molecule has 0 unspecified atom stereocenters. The van der Waals surface area contributed by atoms with Crippen LogP contribution >= 0.6 is 23.2 Å². The Kier molecular flexibility index (Phi) is 3.29. The number of halogens is 2. The van der Waals surface area contributed by atoms with E-state index >= 15 is 0 Å². The van der Waals surface area contributed by atoms with Gasteiger partial charge in [0, 0.05) is 6.20 Å². The van der Waals surface area contributed by atoms with Crippen LogP contribution in [0.25, 0.3) is 0 Å². The van der Waals surface area contributed by atoms with Gasteiger partial charge < -0.3 is 4.74 Å². The van der Waals surface area contributed by atoms with E-state index in [1.165, 1.54) is 6.20 Å². The molecule has 1 heterocycles. The van der Waals surface area contributed by atoms with Crippen LogP contribution in [0, 0.1) is 0 Å². The maximum atomic E-state index is 10.2. The third-order valence-corrected chi connectivity index (χ3v) is 2.17. The first-order chi connectivity index (χ1) is 6.47. The van der Waals surface area contributed by atoms with Gasteiger partial charge in [0.25, 0.3) is 6.47 Å². The molecule has 0 saturated heterocycles. The van der Waals surface area contributed by atoms with Crippen molar-refractivity contribution in [1.29, 1.82) is 0 Å². The summed E-state index contributed by atoms with van der Waals surface area (Å²) in [5.74, 6) is 0. The third-order valence-electron chi connectivity index (χ3n) is 1.70. The number of hydrogen-bond acceptors (Lipinski definition) is 4. The Labute approximate surface area is 91.2 Å². The minimum atomic E-state index is -0.858. The molecule has 0 saturated carbocycles. The highest BCUT2D eigenvalue weighted by molar-refractivity contribution is 6.32. The van der Waals surface area contributed by atoms with Gasteiger partial charge in [0.2, 0.25) is 5.28 Å². The van der Waals surface area contributed by atoms with Crippen molar-refractivity contribution < 1.29 is 9.53 Å². The SMILES string of the molecule is CC(C)(OC=O)c1cnc(Cl)nc1Cl. The van der Waals surface area contributed by atoms with E-state index in [1.807, 2.05) is 0 Å². The zero-order chi connectivity index (χ0) is 10.8. The minimum Gasteiger partial charge on any atom is -0.457 e. The second kappa shape index (κ2) is 4.11. The summed E-state index contributed by atoms with van der Waals surface area (Å²) in [5, 5.41) is 0.234. The molecule has 1 rings (SSSR count). The quantitative estimate of drug-likeness (QED) is 0.457. The summed E-state index contributed by atoms with van der Waals surface area (Å²) in [4.78, 5) is 17.7. The molecule has 1 aromatic rings. The third kappa shape index (κ3) is 2.33. The van der Waals surface area contributed by atoms with Crippen molar-refractivity contribution in [1.82, 2.24) is 9.97 Å². The lowest BCUT2D eigenvalue weighted by Gasteiger charge is -2.22. The van der Waals surface area contributed by atoms with E-state index < -0.39 is 5.60 Å². The minimum absolute atomic E-state index is 0.0562. The van der Waals surface area contributed by atoms with Crippen LogP contribution in [0.3, 0.4) is 0 Å².